The molecule has 4 nitrogen and oxygen atoms in total. The molecule has 128 valence electrons. The van der Waals surface area contributed by atoms with Crippen molar-refractivity contribution in [3.8, 4) is 0 Å². The lowest BCUT2D eigenvalue weighted by Crippen LogP contribution is -2.31. The average Bonchev–Trinajstić information content (AvgIpc) is 2.87. The SMILES string of the molecule is CCC(=O)C1=C(O)C(=O)N(c2ccc(F)cc2)C1c1cccc(C)c1. The van der Waals surface area contributed by atoms with Crippen molar-refractivity contribution < 1.29 is 19.1 Å². The number of hydrogen-bond donors (Lipinski definition) is 1. The van der Waals surface area contributed by atoms with Crippen molar-refractivity contribution in [3.05, 3.63) is 76.8 Å². The minimum Gasteiger partial charge on any atom is -0.503 e. The fourth-order valence-electron chi connectivity index (χ4n) is 3.10. The maximum atomic E-state index is 13.3. The van der Waals surface area contributed by atoms with Crippen molar-refractivity contribution in [3.63, 3.8) is 0 Å². The number of carbonyl (C=O) groups is 2. The van der Waals surface area contributed by atoms with E-state index in [2.05, 4.69) is 0 Å². The molecule has 2 aromatic rings. The second-order valence-electron chi connectivity index (χ2n) is 6.01. The van der Waals surface area contributed by atoms with Gasteiger partial charge in [0.2, 0.25) is 0 Å². The van der Waals surface area contributed by atoms with Gasteiger partial charge in [-0.2, -0.15) is 0 Å². The Labute approximate surface area is 145 Å². The molecule has 1 N–H and O–H groups in total. The number of aliphatic hydroxyl groups is 1. The van der Waals surface area contributed by atoms with Crippen molar-refractivity contribution in [2.45, 2.75) is 26.3 Å². The fourth-order valence-corrected chi connectivity index (χ4v) is 3.10. The summed E-state index contributed by atoms with van der Waals surface area (Å²) in [7, 11) is 0. The molecule has 1 amide bonds. The number of hydrogen-bond acceptors (Lipinski definition) is 3. The van der Waals surface area contributed by atoms with Crippen LogP contribution in [0, 0.1) is 12.7 Å². The zero-order valence-corrected chi connectivity index (χ0v) is 14.0. The average molecular weight is 339 g/mol. The van der Waals surface area contributed by atoms with Gasteiger partial charge in [0.1, 0.15) is 5.82 Å². The van der Waals surface area contributed by atoms with Crippen LogP contribution in [-0.2, 0) is 9.59 Å². The van der Waals surface area contributed by atoms with E-state index in [1.165, 1.54) is 29.2 Å². The van der Waals surface area contributed by atoms with E-state index in [0.29, 0.717) is 5.69 Å². The van der Waals surface area contributed by atoms with Gasteiger partial charge in [-0.25, -0.2) is 4.39 Å². The number of rotatable bonds is 4. The molecule has 3 rings (SSSR count). The third-order valence-electron chi connectivity index (χ3n) is 4.29. The molecule has 5 heteroatoms. The summed E-state index contributed by atoms with van der Waals surface area (Å²) in [5, 5.41) is 10.3. The van der Waals surface area contributed by atoms with Gasteiger partial charge < -0.3 is 5.11 Å². The molecule has 2 aromatic carbocycles. The highest BCUT2D eigenvalue weighted by Crippen LogP contribution is 2.41. The predicted octanol–water partition coefficient (Wildman–Crippen LogP) is 4.01. The number of aryl methyl sites for hydroxylation is 1. The molecule has 0 saturated carbocycles. The molecule has 0 aromatic heterocycles. The Bertz CT molecular complexity index is 871. The normalized spacial score (nSPS) is 17.3. The smallest absolute Gasteiger partial charge is 0.294 e. The summed E-state index contributed by atoms with van der Waals surface area (Å²) < 4.78 is 13.3. The summed E-state index contributed by atoms with van der Waals surface area (Å²) in [5.74, 6) is -1.91. The summed E-state index contributed by atoms with van der Waals surface area (Å²) in [4.78, 5) is 26.4. The van der Waals surface area contributed by atoms with Crippen LogP contribution in [0.15, 0.2) is 59.9 Å². The van der Waals surface area contributed by atoms with E-state index in [-0.39, 0.29) is 17.8 Å². The summed E-state index contributed by atoms with van der Waals surface area (Å²) in [6, 6.07) is 12.1. The molecule has 1 aliphatic heterocycles. The molecule has 0 aliphatic carbocycles. The van der Waals surface area contributed by atoms with Gasteiger partial charge in [-0.05, 0) is 36.8 Å². The molecule has 0 fully saturated rings. The zero-order chi connectivity index (χ0) is 18.1. The number of halogens is 1. The molecule has 25 heavy (non-hydrogen) atoms. The lowest BCUT2D eigenvalue weighted by Gasteiger charge is -2.27. The number of ketones is 1. The van der Waals surface area contributed by atoms with Crippen molar-refractivity contribution >= 4 is 17.4 Å². The van der Waals surface area contributed by atoms with E-state index in [1.807, 2.05) is 31.2 Å². The lowest BCUT2D eigenvalue weighted by atomic mass is 9.94. The minimum atomic E-state index is -0.731. The molecule has 0 spiro atoms. The number of carbonyl (C=O) groups excluding carboxylic acids is 2. The lowest BCUT2D eigenvalue weighted by molar-refractivity contribution is -0.118. The van der Waals surface area contributed by atoms with E-state index in [9.17, 15) is 19.1 Å². The maximum absolute atomic E-state index is 13.3. The molecule has 1 heterocycles. The molecular weight excluding hydrogens is 321 g/mol. The van der Waals surface area contributed by atoms with Crippen molar-refractivity contribution in [1.82, 2.24) is 0 Å². The van der Waals surface area contributed by atoms with Crippen LogP contribution in [0.2, 0.25) is 0 Å². The van der Waals surface area contributed by atoms with Crippen molar-refractivity contribution in [2.75, 3.05) is 4.90 Å². The monoisotopic (exact) mass is 339 g/mol. The van der Waals surface area contributed by atoms with Crippen LogP contribution in [0.25, 0.3) is 0 Å². The number of amides is 1. The van der Waals surface area contributed by atoms with Gasteiger partial charge in [0, 0.05) is 12.1 Å². The predicted molar refractivity (Wildman–Crippen MR) is 92.8 cm³/mol. The Morgan fingerprint density at radius 1 is 1.20 bits per heavy atom. The Hall–Kier alpha value is -2.95. The van der Waals surface area contributed by atoms with Crippen LogP contribution >= 0.6 is 0 Å². The van der Waals surface area contributed by atoms with Crippen LogP contribution in [0.4, 0.5) is 10.1 Å². The zero-order valence-electron chi connectivity index (χ0n) is 14.0. The van der Waals surface area contributed by atoms with Gasteiger partial charge in [-0.3, -0.25) is 14.5 Å². The van der Waals surface area contributed by atoms with Gasteiger partial charge in [0.25, 0.3) is 5.91 Å². The highest BCUT2D eigenvalue weighted by atomic mass is 19.1. The van der Waals surface area contributed by atoms with Crippen LogP contribution in [0.3, 0.4) is 0 Å². The second-order valence-corrected chi connectivity index (χ2v) is 6.01. The maximum Gasteiger partial charge on any atom is 0.294 e. The van der Waals surface area contributed by atoms with Crippen LogP contribution < -0.4 is 4.90 Å². The molecule has 1 aliphatic rings. The van der Waals surface area contributed by atoms with Crippen molar-refractivity contribution in [2.24, 2.45) is 0 Å². The summed E-state index contributed by atoms with van der Waals surface area (Å²) in [5.41, 5.74) is 2.20. The quantitative estimate of drug-likeness (QED) is 0.915. The van der Waals surface area contributed by atoms with Gasteiger partial charge in [0.15, 0.2) is 11.5 Å². The van der Waals surface area contributed by atoms with E-state index < -0.39 is 23.5 Å². The molecule has 0 radical (unpaired) electrons. The molecule has 0 bridgehead atoms. The number of anilines is 1. The number of benzene rings is 2. The first-order valence-electron chi connectivity index (χ1n) is 8.06. The molecule has 1 atom stereocenters. The topological polar surface area (TPSA) is 57.6 Å². The summed E-state index contributed by atoms with van der Waals surface area (Å²) in [6.45, 7) is 3.59. The van der Waals surface area contributed by atoms with Gasteiger partial charge in [-0.15, -0.1) is 0 Å². The highest BCUT2D eigenvalue weighted by molar-refractivity contribution is 6.16. The van der Waals surface area contributed by atoms with Crippen LogP contribution in [0.5, 0.6) is 0 Å². The largest absolute Gasteiger partial charge is 0.503 e. The van der Waals surface area contributed by atoms with Gasteiger partial charge in [0.05, 0.1) is 11.6 Å². The third kappa shape index (κ3) is 2.93. The van der Waals surface area contributed by atoms with Crippen LogP contribution in [-0.4, -0.2) is 16.8 Å². The Morgan fingerprint density at radius 3 is 2.48 bits per heavy atom. The molecule has 0 saturated heterocycles. The number of nitrogens with zero attached hydrogens (tertiary/aromatic N) is 1. The first-order chi connectivity index (χ1) is 11.9. The summed E-state index contributed by atoms with van der Waals surface area (Å²) >= 11 is 0. The number of Topliss-reactive ketones (excluding diaryl/α,β-unsaturated/α-hetero) is 1. The second kappa shape index (κ2) is 6.51. The first kappa shape index (κ1) is 16.9. The van der Waals surface area contributed by atoms with E-state index in [1.54, 1.807) is 6.92 Å². The Morgan fingerprint density at radius 2 is 1.88 bits per heavy atom. The fraction of sp³-hybridized carbons (Fsp3) is 0.200. The van der Waals surface area contributed by atoms with Gasteiger partial charge >= 0.3 is 0 Å². The van der Waals surface area contributed by atoms with E-state index >= 15 is 0 Å². The van der Waals surface area contributed by atoms with Crippen LogP contribution in [0.1, 0.15) is 30.5 Å². The van der Waals surface area contributed by atoms with Gasteiger partial charge in [-0.1, -0.05) is 36.8 Å². The Kier molecular flexibility index (Phi) is 4.40. The third-order valence-corrected chi connectivity index (χ3v) is 4.29. The van der Waals surface area contributed by atoms with Crippen molar-refractivity contribution in [1.29, 1.82) is 0 Å². The molecule has 1 unspecified atom stereocenters. The number of aliphatic hydroxyl groups excluding tert-OH is 1. The van der Waals surface area contributed by atoms with E-state index in [0.717, 1.165) is 11.1 Å². The minimum absolute atomic E-state index is 0.0856. The summed E-state index contributed by atoms with van der Waals surface area (Å²) in [6.07, 6.45) is 0.173. The highest BCUT2D eigenvalue weighted by Gasteiger charge is 2.43. The van der Waals surface area contributed by atoms with E-state index in [4.69, 9.17) is 0 Å². The first-order valence-corrected chi connectivity index (χ1v) is 8.06. The molecular formula is C20H18FNO3. The Balaban J connectivity index is 2.18. The standard InChI is InChI=1S/C20H18FNO3/c1-3-16(23)17-18(13-6-4-5-12(2)11-13)22(20(25)19(17)24)15-9-7-14(21)8-10-15/h4-11,18,24H,3H2,1-2H3.